The Kier molecular flexibility index (Phi) is 3.95. The van der Waals surface area contributed by atoms with E-state index < -0.39 is 17.7 Å². The number of carboxylic acids is 1. The fraction of sp³-hybridized carbons (Fsp3) is 0.0769. The molecule has 8 heteroatoms. The number of nitrogens with zero attached hydrogens (tertiary/aromatic N) is 3. The van der Waals surface area contributed by atoms with Crippen molar-refractivity contribution < 1.29 is 19.1 Å². The minimum absolute atomic E-state index is 0.0929. The summed E-state index contributed by atoms with van der Waals surface area (Å²) in [6.45, 7) is 0. The van der Waals surface area contributed by atoms with Crippen molar-refractivity contribution in [1.29, 1.82) is 5.26 Å². The number of aromatic carboxylic acids is 1. The molecule has 0 aliphatic heterocycles. The van der Waals surface area contributed by atoms with Crippen LogP contribution in [0.4, 0.5) is 10.1 Å². The van der Waals surface area contributed by atoms with Gasteiger partial charge in [-0.1, -0.05) is 0 Å². The molecule has 0 saturated carbocycles. The average molecular weight is 288 g/mol. The summed E-state index contributed by atoms with van der Waals surface area (Å²) in [5.74, 6) is -2.39. The zero-order chi connectivity index (χ0) is 15.4. The fourth-order valence-corrected chi connectivity index (χ4v) is 1.65. The number of nitriles is 1. The minimum Gasteiger partial charge on any atom is -0.476 e. The van der Waals surface area contributed by atoms with Crippen molar-refractivity contribution in [2.45, 2.75) is 6.42 Å². The molecule has 106 valence electrons. The van der Waals surface area contributed by atoms with Crippen molar-refractivity contribution in [3.05, 3.63) is 42.0 Å². The second-order valence-electron chi connectivity index (χ2n) is 4.00. The molecule has 0 aliphatic carbocycles. The molecule has 0 fully saturated rings. The lowest BCUT2D eigenvalue weighted by Gasteiger charge is -2.10. The molecule has 0 spiro atoms. The van der Waals surface area contributed by atoms with Crippen LogP contribution in [-0.4, -0.2) is 26.8 Å². The Hall–Kier alpha value is -3.21. The fourth-order valence-electron chi connectivity index (χ4n) is 1.65. The Morgan fingerprint density at radius 1 is 1.43 bits per heavy atom. The maximum absolute atomic E-state index is 13.3. The molecule has 0 bridgehead atoms. The van der Waals surface area contributed by atoms with E-state index in [1.807, 2.05) is 0 Å². The molecule has 1 heterocycles. The van der Waals surface area contributed by atoms with E-state index in [9.17, 15) is 14.0 Å². The number of halogens is 1. The van der Waals surface area contributed by atoms with Gasteiger partial charge in [0.2, 0.25) is 5.91 Å². The molecule has 1 amide bonds. The highest BCUT2D eigenvalue weighted by Gasteiger charge is 2.13. The number of hydrogen-bond donors (Lipinski definition) is 2. The maximum atomic E-state index is 13.3. The summed E-state index contributed by atoms with van der Waals surface area (Å²) in [4.78, 5) is 22.2. The van der Waals surface area contributed by atoms with Crippen LogP contribution < -0.4 is 5.32 Å². The van der Waals surface area contributed by atoms with Crippen LogP contribution in [-0.2, 0) is 4.79 Å². The van der Waals surface area contributed by atoms with Gasteiger partial charge < -0.3 is 10.4 Å². The second kappa shape index (κ2) is 5.83. The van der Waals surface area contributed by atoms with Gasteiger partial charge in [-0.25, -0.2) is 13.9 Å². The summed E-state index contributed by atoms with van der Waals surface area (Å²) in [5, 5.41) is 23.5. The SMILES string of the molecule is N#CCC(=O)Nc1cc(F)ccc1-n1ccc(C(=O)O)n1. The third kappa shape index (κ3) is 3.22. The molecule has 2 rings (SSSR count). The molecule has 2 N–H and O–H groups in total. The first-order valence-electron chi connectivity index (χ1n) is 5.77. The Morgan fingerprint density at radius 3 is 2.81 bits per heavy atom. The zero-order valence-corrected chi connectivity index (χ0v) is 10.6. The molecule has 1 aromatic carbocycles. The molecule has 7 nitrogen and oxygen atoms in total. The Labute approximate surface area is 118 Å². The summed E-state index contributed by atoms with van der Waals surface area (Å²) in [7, 11) is 0. The molecule has 0 radical (unpaired) electrons. The van der Waals surface area contributed by atoms with Crippen LogP contribution in [0.1, 0.15) is 16.9 Å². The largest absolute Gasteiger partial charge is 0.476 e. The second-order valence-corrected chi connectivity index (χ2v) is 4.00. The Balaban J connectivity index is 2.40. The predicted octanol–water partition coefficient (Wildman–Crippen LogP) is 1.56. The number of rotatable bonds is 4. The number of carbonyl (C=O) groups is 2. The summed E-state index contributed by atoms with van der Waals surface area (Å²) in [6.07, 6.45) is 0.992. The standard InChI is InChI=1S/C13H9FN4O3/c14-8-1-2-11(10(7-8)16-12(19)3-5-15)18-6-4-9(17-18)13(20)21/h1-2,4,6-7H,3H2,(H,16,19)(H,20,21). The van der Waals surface area contributed by atoms with Gasteiger partial charge in [-0.05, 0) is 24.3 Å². The van der Waals surface area contributed by atoms with Crippen molar-refractivity contribution in [1.82, 2.24) is 9.78 Å². The van der Waals surface area contributed by atoms with Crippen molar-refractivity contribution in [3.63, 3.8) is 0 Å². The smallest absolute Gasteiger partial charge is 0.356 e. The number of aromatic nitrogens is 2. The number of anilines is 1. The molecular formula is C13H9FN4O3. The van der Waals surface area contributed by atoms with E-state index in [1.165, 1.54) is 23.0 Å². The molecular weight excluding hydrogens is 279 g/mol. The molecule has 21 heavy (non-hydrogen) atoms. The first kappa shape index (κ1) is 14.2. The van der Waals surface area contributed by atoms with Gasteiger partial charge in [0.15, 0.2) is 5.69 Å². The Morgan fingerprint density at radius 2 is 2.19 bits per heavy atom. The van der Waals surface area contributed by atoms with E-state index in [-0.39, 0.29) is 23.5 Å². The number of hydrogen-bond acceptors (Lipinski definition) is 4. The number of carboxylic acid groups (broad SMARTS) is 1. The first-order valence-corrected chi connectivity index (χ1v) is 5.77. The van der Waals surface area contributed by atoms with E-state index in [2.05, 4.69) is 10.4 Å². The van der Waals surface area contributed by atoms with E-state index in [1.54, 1.807) is 6.07 Å². The average Bonchev–Trinajstić information content (AvgIpc) is 2.88. The van der Waals surface area contributed by atoms with Crippen LogP contribution >= 0.6 is 0 Å². The van der Waals surface area contributed by atoms with Gasteiger partial charge in [0.1, 0.15) is 12.2 Å². The highest BCUT2D eigenvalue weighted by atomic mass is 19.1. The number of benzene rings is 1. The van der Waals surface area contributed by atoms with Gasteiger partial charge in [-0.2, -0.15) is 10.4 Å². The molecule has 0 saturated heterocycles. The lowest BCUT2D eigenvalue weighted by atomic mass is 10.2. The van der Waals surface area contributed by atoms with Gasteiger partial charge in [0, 0.05) is 6.20 Å². The summed E-state index contributed by atoms with van der Waals surface area (Å²) in [5.41, 5.74) is 0.194. The van der Waals surface area contributed by atoms with Gasteiger partial charge >= 0.3 is 5.97 Å². The zero-order valence-electron chi connectivity index (χ0n) is 10.6. The minimum atomic E-state index is -1.20. The van der Waals surface area contributed by atoms with E-state index in [0.717, 1.165) is 12.1 Å². The van der Waals surface area contributed by atoms with E-state index in [4.69, 9.17) is 10.4 Å². The van der Waals surface area contributed by atoms with Gasteiger partial charge in [-0.3, -0.25) is 4.79 Å². The van der Waals surface area contributed by atoms with Crippen molar-refractivity contribution in [2.24, 2.45) is 0 Å². The van der Waals surface area contributed by atoms with Gasteiger partial charge in [0.05, 0.1) is 17.4 Å². The summed E-state index contributed by atoms with van der Waals surface area (Å²) < 4.78 is 14.5. The van der Waals surface area contributed by atoms with E-state index >= 15 is 0 Å². The lowest BCUT2D eigenvalue weighted by molar-refractivity contribution is -0.115. The number of carbonyl (C=O) groups excluding carboxylic acids is 1. The Bertz CT molecular complexity index is 748. The highest BCUT2D eigenvalue weighted by molar-refractivity contribution is 5.94. The van der Waals surface area contributed by atoms with Crippen LogP contribution in [0.15, 0.2) is 30.5 Å². The van der Waals surface area contributed by atoms with Gasteiger partial charge in [-0.15, -0.1) is 0 Å². The van der Waals surface area contributed by atoms with Crippen LogP contribution in [0, 0.1) is 17.1 Å². The van der Waals surface area contributed by atoms with Crippen LogP contribution in [0.3, 0.4) is 0 Å². The van der Waals surface area contributed by atoms with Crippen LogP contribution in [0.2, 0.25) is 0 Å². The third-order valence-corrected chi connectivity index (χ3v) is 2.53. The predicted molar refractivity (Wildman–Crippen MR) is 69.3 cm³/mol. The van der Waals surface area contributed by atoms with Gasteiger partial charge in [0.25, 0.3) is 0 Å². The number of amides is 1. The van der Waals surface area contributed by atoms with E-state index in [0.29, 0.717) is 0 Å². The summed E-state index contributed by atoms with van der Waals surface area (Å²) >= 11 is 0. The van der Waals surface area contributed by atoms with Crippen LogP contribution in [0.25, 0.3) is 5.69 Å². The summed E-state index contributed by atoms with van der Waals surface area (Å²) in [6, 6.07) is 6.50. The van der Waals surface area contributed by atoms with Crippen molar-refractivity contribution >= 4 is 17.6 Å². The molecule has 0 aliphatic rings. The highest BCUT2D eigenvalue weighted by Crippen LogP contribution is 2.21. The topological polar surface area (TPSA) is 108 Å². The van der Waals surface area contributed by atoms with Crippen molar-refractivity contribution in [2.75, 3.05) is 5.32 Å². The maximum Gasteiger partial charge on any atom is 0.356 e. The quantitative estimate of drug-likeness (QED) is 0.887. The normalized spacial score (nSPS) is 9.90. The molecule has 0 unspecified atom stereocenters. The van der Waals surface area contributed by atoms with Crippen molar-refractivity contribution in [3.8, 4) is 11.8 Å². The molecule has 2 aromatic rings. The monoisotopic (exact) mass is 288 g/mol. The first-order chi connectivity index (χ1) is 10.0. The number of nitrogens with one attached hydrogen (secondary N) is 1. The van der Waals surface area contributed by atoms with Crippen LogP contribution in [0.5, 0.6) is 0 Å². The molecule has 1 aromatic heterocycles. The lowest BCUT2D eigenvalue weighted by Crippen LogP contribution is -2.13. The third-order valence-electron chi connectivity index (χ3n) is 2.53. The molecule has 0 atom stereocenters.